The highest BCUT2D eigenvalue weighted by atomic mass is 32.2. The predicted octanol–water partition coefficient (Wildman–Crippen LogP) is -0.0999. The Labute approximate surface area is 95.2 Å². The van der Waals surface area contributed by atoms with Gasteiger partial charge in [-0.25, -0.2) is 8.42 Å². The molecule has 1 saturated heterocycles. The molecule has 1 fully saturated rings. The molecule has 1 aliphatic heterocycles. The smallest absolute Gasteiger partial charge is 0.324 e. The number of hydrogen-bond donors (Lipinski definition) is 1. The van der Waals surface area contributed by atoms with Crippen molar-refractivity contribution < 1.29 is 23.1 Å². The van der Waals surface area contributed by atoms with Gasteiger partial charge in [-0.05, 0) is 20.8 Å². The van der Waals surface area contributed by atoms with Crippen LogP contribution in [0.3, 0.4) is 0 Å². The summed E-state index contributed by atoms with van der Waals surface area (Å²) in [5.41, 5.74) is 0. The van der Waals surface area contributed by atoms with Gasteiger partial charge in [0, 0.05) is 6.54 Å². The third kappa shape index (κ3) is 2.36. The normalized spacial score (nSPS) is 24.3. The van der Waals surface area contributed by atoms with Gasteiger partial charge in [-0.3, -0.25) is 4.79 Å². The number of carboxylic acid groups (broad SMARTS) is 1. The molecule has 0 radical (unpaired) electrons. The minimum atomic E-state index is -3.62. The molecule has 7 heteroatoms. The van der Waals surface area contributed by atoms with Crippen LogP contribution in [-0.4, -0.2) is 54.3 Å². The molecule has 1 unspecified atom stereocenters. The van der Waals surface area contributed by atoms with Crippen molar-refractivity contribution in [2.45, 2.75) is 31.6 Å². The summed E-state index contributed by atoms with van der Waals surface area (Å²) < 4.78 is 29.3. The molecule has 1 rings (SSSR count). The van der Waals surface area contributed by atoms with E-state index in [0.717, 1.165) is 4.31 Å². The van der Waals surface area contributed by atoms with Crippen molar-refractivity contribution in [1.82, 2.24) is 4.31 Å². The van der Waals surface area contributed by atoms with Crippen LogP contribution in [0.4, 0.5) is 0 Å². The van der Waals surface area contributed by atoms with Crippen molar-refractivity contribution in [3.63, 3.8) is 0 Å². The summed E-state index contributed by atoms with van der Waals surface area (Å²) in [5.74, 6) is -1.17. The maximum Gasteiger partial charge on any atom is 0.324 e. The zero-order valence-corrected chi connectivity index (χ0v) is 10.5. The van der Waals surface area contributed by atoms with Crippen LogP contribution >= 0.6 is 0 Å². The second-order valence-electron chi connectivity index (χ2n) is 4.66. The van der Waals surface area contributed by atoms with Crippen molar-refractivity contribution in [2.24, 2.45) is 0 Å². The third-order valence-electron chi connectivity index (χ3n) is 2.45. The molecular formula is C9H17NO5S. The van der Waals surface area contributed by atoms with E-state index in [-0.39, 0.29) is 19.8 Å². The molecule has 0 aliphatic carbocycles. The second kappa shape index (κ2) is 4.31. The Hall–Kier alpha value is -0.660. The van der Waals surface area contributed by atoms with E-state index >= 15 is 0 Å². The summed E-state index contributed by atoms with van der Waals surface area (Å²) >= 11 is 0. The summed E-state index contributed by atoms with van der Waals surface area (Å²) in [7, 11) is -3.62. The lowest BCUT2D eigenvalue weighted by Crippen LogP contribution is -2.56. The van der Waals surface area contributed by atoms with Crippen molar-refractivity contribution in [1.29, 1.82) is 0 Å². The van der Waals surface area contributed by atoms with Crippen LogP contribution < -0.4 is 0 Å². The molecule has 0 amide bonds. The number of carbonyl (C=O) groups is 1. The number of sulfonamides is 1. The van der Waals surface area contributed by atoms with E-state index in [1.54, 1.807) is 20.8 Å². The Morgan fingerprint density at radius 2 is 2.00 bits per heavy atom. The molecule has 0 saturated carbocycles. The summed E-state index contributed by atoms with van der Waals surface area (Å²) in [6, 6.07) is -1.11. The van der Waals surface area contributed by atoms with Crippen LogP contribution in [-0.2, 0) is 19.6 Å². The van der Waals surface area contributed by atoms with E-state index in [4.69, 9.17) is 9.84 Å². The first-order valence-electron chi connectivity index (χ1n) is 5.00. The number of aliphatic carboxylic acids is 1. The maximum atomic E-state index is 12.1. The van der Waals surface area contributed by atoms with Gasteiger partial charge in [0.05, 0.1) is 18.0 Å². The summed E-state index contributed by atoms with van der Waals surface area (Å²) in [5, 5.41) is 8.95. The Kier molecular flexibility index (Phi) is 3.61. The highest BCUT2D eigenvalue weighted by molar-refractivity contribution is 7.90. The van der Waals surface area contributed by atoms with Crippen LogP contribution in [0.5, 0.6) is 0 Å². The number of rotatable bonds is 2. The van der Waals surface area contributed by atoms with Crippen molar-refractivity contribution in [2.75, 3.05) is 19.8 Å². The van der Waals surface area contributed by atoms with Crippen LogP contribution in [0.15, 0.2) is 0 Å². The first-order chi connectivity index (χ1) is 7.18. The Balaban J connectivity index is 3.05. The van der Waals surface area contributed by atoms with Gasteiger partial charge in [0.2, 0.25) is 10.0 Å². The monoisotopic (exact) mass is 251 g/mol. The lowest BCUT2D eigenvalue weighted by molar-refractivity contribution is -0.146. The van der Waals surface area contributed by atoms with E-state index in [9.17, 15) is 13.2 Å². The average Bonchev–Trinajstić information content (AvgIpc) is 2.16. The molecule has 1 N–H and O–H groups in total. The third-order valence-corrected chi connectivity index (χ3v) is 5.05. The van der Waals surface area contributed by atoms with Crippen LogP contribution in [0, 0.1) is 0 Å². The zero-order chi connectivity index (χ0) is 12.6. The fraction of sp³-hybridized carbons (Fsp3) is 0.889. The standard InChI is InChI=1S/C9H17NO5S/c1-9(2,3)16(13,14)10-4-5-15-6-7(10)8(11)12/h7H,4-6H2,1-3H3,(H,11,12). The summed E-state index contributed by atoms with van der Waals surface area (Å²) in [6.07, 6.45) is 0. The number of carboxylic acids is 1. The molecular weight excluding hydrogens is 234 g/mol. The molecule has 16 heavy (non-hydrogen) atoms. The SMILES string of the molecule is CC(C)(C)S(=O)(=O)N1CCOCC1C(=O)O. The zero-order valence-electron chi connectivity index (χ0n) is 9.63. The lowest BCUT2D eigenvalue weighted by Gasteiger charge is -2.36. The highest BCUT2D eigenvalue weighted by Crippen LogP contribution is 2.24. The van der Waals surface area contributed by atoms with Gasteiger partial charge >= 0.3 is 5.97 Å². The Morgan fingerprint density at radius 3 is 2.44 bits per heavy atom. The van der Waals surface area contributed by atoms with Gasteiger partial charge < -0.3 is 9.84 Å². The second-order valence-corrected chi connectivity index (χ2v) is 7.30. The van der Waals surface area contributed by atoms with Crippen molar-refractivity contribution >= 4 is 16.0 Å². The molecule has 0 aromatic rings. The molecule has 0 spiro atoms. The fourth-order valence-corrected chi connectivity index (χ4v) is 2.93. The van der Waals surface area contributed by atoms with Crippen LogP contribution in [0.25, 0.3) is 0 Å². The van der Waals surface area contributed by atoms with Gasteiger partial charge in [-0.2, -0.15) is 4.31 Å². The van der Waals surface area contributed by atoms with Gasteiger partial charge in [0.15, 0.2) is 0 Å². The number of hydrogen-bond acceptors (Lipinski definition) is 4. The Morgan fingerprint density at radius 1 is 1.44 bits per heavy atom. The fourth-order valence-electron chi connectivity index (χ4n) is 1.42. The molecule has 1 atom stereocenters. The molecule has 94 valence electrons. The topological polar surface area (TPSA) is 83.9 Å². The van der Waals surface area contributed by atoms with Gasteiger partial charge in [0.25, 0.3) is 0 Å². The lowest BCUT2D eigenvalue weighted by atomic mass is 10.3. The first kappa shape index (κ1) is 13.4. The molecule has 0 bridgehead atoms. The van der Waals surface area contributed by atoms with Gasteiger partial charge in [-0.15, -0.1) is 0 Å². The van der Waals surface area contributed by atoms with Crippen molar-refractivity contribution in [3.05, 3.63) is 0 Å². The summed E-state index contributed by atoms with van der Waals surface area (Å²) in [4.78, 5) is 11.0. The average molecular weight is 251 g/mol. The number of morpholine rings is 1. The number of nitrogens with zero attached hydrogens (tertiary/aromatic N) is 1. The van der Waals surface area contributed by atoms with E-state index in [1.165, 1.54) is 0 Å². The number of ether oxygens (including phenoxy) is 1. The van der Waals surface area contributed by atoms with E-state index in [1.807, 2.05) is 0 Å². The quantitative estimate of drug-likeness (QED) is 0.741. The minimum absolute atomic E-state index is 0.0926. The maximum absolute atomic E-state index is 12.1. The molecule has 0 aromatic heterocycles. The molecule has 6 nitrogen and oxygen atoms in total. The largest absolute Gasteiger partial charge is 0.480 e. The highest BCUT2D eigenvalue weighted by Gasteiger charge is 2.43. The van der Waals surface area contributed by atoms with Crippen LogP contribution in [0.2, 0.25) is 0 Å². The predicted molar refractivity (Wildman–Crippen MR) is 57.6 cm³/mol. The molecule has 0 aromatic carbocycles. The minimum Gasteiger partial charge on any atom is -0.480 e. The van der Waals surface area contributed by atoms with Crippen LogP contribution in [0.1, 0.15) is 20.8 Å². The molecule has 1 aliphatic rings. The first-order valence-corrected chi connectivity index (χ1v) is 6.44. The molecule has 1 heterocycles. The Bertz CT molecular complexity index is 370. The van der Waals surface area contributed by atoms with Crippen molar-refractivity contribution in [3.8, 4) is 0 Å². The van der Waals surface area contributed by atoms with E-state index in [0.29, 0.717) is 0 Å². The van der Waals surface area contributed by atoms with E-state index in [2.05, 4.69) is 0 Å². The van der Waals surface area contributed by atoms with E-state index < -0.39 is 26.8 Å². The summed E-state index contributed by atoms with van der Waals surface area (Å²) in [6.45, 7) is 4.89. The van der Waals surface area contributed by atoms with Gasteiger partial charge in [-0.1, -0.05) is 0 Å². The van der Waals surface area contributed by atoms with Gasteiger partial charge in [0.1, 0.15) is 6.04 Å².